The standard InChI is InChI=1S/C12H18N2O.C7H9NO.C7H9N.C6H8N2O.2C6H7NO.3C2H6.CH5N/c1-10-8-12(4-7-14-10)15-9-11-2-5-13-6-3-11;1-6-4-7(5-9)2-3-8-6;1-2-7-3-5-8-6-4-7;7-6-3-5(4-9)1-2-8-6;2*8-5-6-1-3-7-4-2-6;4*1-2/h2-3,5-6,10,12,14H,4,7-9H2,1H3;2-4,9H,5H2,1H3;3-6H,2H2,1H3;1-3,9H,4H2,(H2,7,8);2*1-4,8H,5H2;3*1-2H3;2H2,1H3. The quantitative estimate of drug-likeness (QED) is 0.0763. The van der Waals surface area contributed by atoms with Gasteiger partial charge in [0.15, 0.2) is 0 Å². The summed E-state index contributed by atoms with van der Waals surface area (Å²) >= 11 is 0. The highest BCUT2D eigenvalue weighted by molar-refractivity contribution is 5.31. The number of aryl methyl sites for hydroxylation is 2. The van der Waals surface area contributed by atoms with Crippen LogP contribution in [0, 0.1) is 6.92 Å². The van der Waals surface area contributed by atoms with Gasteiger partial charge < -0.3 is 41.9 Å². The van der Waals surface area contributed by atoms with Crippen LogP contribution in [0.2, 0.25) is 0 Å². The number of rotatable bonds is 8. The maximum absolute atomic E-state index is 8.63. The van der Waals surface area contributed by atoms with Crippen molar-refractivity contribution in [3.05, 3.63) is 174 Å². The summed E-state index contributed by atoms with van der Waals surface area (Å²) in [7, 11) is 1.50. The highest BCUT2D eigenvalue weighted by Gasteiger charge is 2.18. The van der Waals surface area contributed by atoms with Crippen LogP contribution >= 0.6 is 0 Å². The summed E-state index contributed by atoms with van der Waals surface area (Å²) in [4.78, 5) is 23.2. The number of pyridine rings is 6. The van der Waals surface area contributed by atoms with E-state index in [2.05, 4.69) is 54.8 Å². The highest BCUT2D eigenvalue weighted by Crippen LogP contribution is 2.14. The van der Waals surface area contributed by atoms with Crippen LogP contribution in [0.15, 0.2) is 135 Å². The van der Waals surface area contributed by atoms with Crippen molar-refractivity contribution in [2.45, 2.75) is 127 Å². The predicted octanol–water partition coefficient (Wildman–Crippen LogP) is 8.22. The molecule has 6 aromatic rings. The second-order valence-corrected chi connectivity index (χ2v) is 12.6. The maximum Gasteiger partial charge on any atom is 0.123 e. The molecule has 1 fully saturated rings. The first-order chi connectivity index (χ1) is 31.8. The molecule has 65 heavy (non-hydrogen) atoms. The van der Waals surface area contributed by atoms with Crippen LogP contribution in [0.25, 0.3) is 0 Å². The van der Waals surface area contributed by atoms with Crippen molar-refractivity contribution in [1.29, 1.82) is 0 Å². The molecule has 1 aliphatic rings. The molecule has 0 bridgehead atoms. The van der Waals surface area contributed by atoms with Gasteiger partial charge in [-0.3, -0.25) is 24.9 Å². The number of aliphatic hydroxyl groups is 4. The summed E-state index contributed by atoms with van der Waals surface area (Å²) in [6.45, 7) is 20.3. The predicted molar refractivity (Wildman–Crippen MR) is 267 cm³/mol. The molecule has 14 nitrogen and oxygen atoms in total. The SMILES string of the molecule is CC.CC.CC.CC1CC(OCc2ccncc2)CCN1.CCc1ccncc1.CN.Cc1cc(CO)ccn1.Nc1cc(CO)ccn1.OCc1ccncc1.OCc1ccncc1. The minimum Gasteiger partial charge on any atom is -0.392 e. The van der Waals surface area contributed by atoms with Crippen molar-refractivity contribution < 1.29 is 25.2 Å². The number of nitrogen functional groups attached to an aromatic ring is 1. The summed E-state index contributed by atoms with van der Waals surface area (Å²) in [5.41, 5.74) is 16.8. The summed E-state index contributed by atoms with van der Waals surface area (Å²) in [6, 6.07) is 22.8. The second-order valence-electron chi connectivity index (χ2n) is 12.6. The second kappa shape index (κ2) is 47.9. The summed E-state index contributed by atoms with van der Waals surface area (Å²) in [6.07, 6.45) is 20.9. The van der Waals surface area contributed by atoms with Crippen LogP contribution in [0.4, 0.5) is 5.82 Å². The van der Waals surface area contributed by atoms with Gasteiger partial charge in [-0.25, -0.2) is 4.98 Å². The van der Waals surface area contributed by atoms with Gasteiger partial charge in [-0.05, 0) is 153 Å². The summed E-state index contributed by atoms with van der Waals surface area (Å²) < 4.78 is 5.87. The van der Waals surface area contributed by atoms with Crippen molar-refractivity contribution in [3.8, 4) is 0 Å². The number of nitrogens with zero attached hydrogens (tertiary/aromatic N) is 6. The first-order valence-electron chi connectivity index (χ1n) is 22.3. The molecule has 7 rings (SSSR count). The first kappa shape index (κ1) is 63.7. The number of ether oxygens (including phenoxy) is 1. The molecule has 0 aliphatic carbocycles. The molecule has 0 spiro atoms. The van der Waals surface area contributed by atoms with Crippen molar-refractivity contribution in [1.82, 2.24) is 35.2 Å². The van der Waals surface area contributed by atoms with Gasteiger partial charge in [-0.1, -0.05) is 48.5 Å². The Labute approximate surface area is 390 Å². The topological polar surface area (TPSA) is 232 Å². The van der Waals surface area contributed by atoms with E-state index in [1.165, 1.54) is 18.2 Å². The Hall–Kier alpha value is -5.58. The van der Waals surface area contributed by atoms with E-state index in [9.17, 15) is 0 Å². The van der Waals surface area contributed by atoms with E-state index < -0.39 is 0 Å². The zero-order valence-electron chi connectivity index (χ0n) is 40.8. The number of anilines is 1. The molecule has 6 aromatic heterocycles. The number of aliphatic hydroxyl groups excluding tert-OH is 4. The van der Waals surface area contributed by atoms with Gasteiger partial charge in [0.25, 0.3) is 0 Å². The molecule has 0 radical (unpaired) electrons. The fraction of sp³-hybridized carbons (Fsp3) is 0.412. The zero-order valence-corrected chi connectivity index (χ0v) is 40.8. The maximum atomic E-state index is 8.63. The Morgan fingerprint density at radius 2 is 0.923 bits per heavy atom. The first-order valence-corrected chi connectivity index (χ1v) is 22.3. The normalized spacial score (nSPS) is 12.5. The fourth-order valence-electron chi connectivity index (χ4n) is 4.82. The third kappa shape index (κ3) is 36.5. The molecule has 0 aromatic carbocycles. The van der Waals surface area contributed by atoms with E-state index in [-0.39, 0.29) is 26.4 Å². The monoisotopic (exact) mass is 900 g/mol. The number of piperidine rings is 1. The largest absolute Gasteiger partial charge is 0.392 e. The van der Waals surface area contributed by atoms with Crippen molar-refractivity contribution in [3.63, 3.8) is 0 Å². The van der Waals surface area contributed by atoms with Gasteiger partial charge in [-0.15, -0.1) is 0 Å². The Morgan fingerprint density at radius 1 is 0.554 bits per heavy atom. The Kier molecular flexibility index (Phi) is 46.9. The van der Waals surface area contributed by atoms with Crippen LogP contribution in [-0.4, -0.2) is 76.1 Å². The van der Waals surface area contributed by atoms with Gasteiger partial charge in [0, 0.05) is 73.7 Å². The lowest BCUT2D eigenvalue weighted by atomic mass is 10.0. The lowest BCUT2D eigenvalue weighted by Gasteiger charge is -2.28. The molecule has 1 aliphatic heterocycles. The van der Waals surface area contributed by atoms with E-state index >= 15 is 0 Å². The molecule has 360 valence electrons. The van der Waals surface area contributed by atoms with Crippen LogP contribution in [0.3, 0.4) is 0 Å². The van der Waals surface area contributed by atoms with E-state index in [0.29, 0.717) is 24.6 Å². The number of hydrogen-bond donors (Lipinski definition) is 7. The van der Waals surface area contributed by atoms with E-state index in [1.807, 2.05) is 104 Å². The van der Waals surface area contributed by atoms with Crippen LogP contribution in [0.1, 0.15) is 107 Å². The summed E-state index contributed by atoms with van der Waals surface area (Å²) in [5, 5.41) is 37.7. The molecular formula is C51H81N9O5. The van der Waals surface area contributed by atoms with E-state index in [4.69, 9.17) is 30.9 Å². The van der Waals surface area contributed by atoms with Crippen LogP contribution < -0.4 is 16.8 Å². The molecule has 7 heterocycles. The minimum absolute atomic E-state index is 0.0206. The van der Waals surface area contributed by atoms with E-state index in [1.54, 1.807) is 79.6 Å². The van der Waals surface area contributed by atoms with Crippen LogP contribution in [-0.2, 0) is 44.2 Å². The minimum atomic E-state index is 0.0206. The van der Waals surface area contributed by atoms with Crippen molar-refractivity contribution in [2.24, 2.45) is 5.73 Å². The van der Waals surface area contributed by atoms with Gasteiger partial charge in [0.2, 0.25) is 0 Å². The average Bonchev–Trinajstić information content (AvgIpc) is 3.40. The average molecular weight is 900 g/mol. The van der Waals surface area contributed by atoms with Crippen molar-refractivity contribution in [2.75, 3.05) is 19.3 Å². The number of hydrogen-bond acceptors (Lipinski definition) is 14. The molecular weight excluding hydrogens is 819 g/mol. The number of nitrogens with two attached hydrogens (primary N) is 2. The molecule has 9 N–H and O–H groups in total. The molecule has 2 atom stereocenters. The van der Waals surface area contributed by atoms with Crippen LogP contribution in [0.5, 0.6) is 0 Å². The molecule has 14 heteroatoms. The van der Waals surface area contributed by atoms with Gasteiger partial charge in [0.05, 0.1) is 39.1 Å². The fourth-order valence-corrected chi connectivity index (χ4v) is 4.82. The number of aromatic nitrogens is 6. The zero-order chi connectivity index (χ0) is 49.4. The Balaban J connectivity index is -0.000000698. The Bertz CT molecular complexity index is 1700. The summed E-state index contributed by atoms with van der Waals surface area (Å²) in [5.74, 6) is 0.446. The van der Waals surface area contributed by atoms with Gasteiger partial charge in [-0.2, -0.15) is 0 Å². The van der Waals surface area contributed by atoms with Gasteiger partial charge >= 0.3 is 0 Å². The third-order valence-corrected chi connectivity index (χ3v) is 8.00. The Morgan fingerprint density at radius 3 is 1.23 bits per heavy atom. The molecule has 0 saturated carbocycles. The molecule has 0 amide bonds. The smallest absolute Gasteiger partial charge is 0.123 e. The highest BCUT2D eigenvalue weighted by atomic mass is 16.5. The van der Waals surface area contributed by atoms with E-state index in [0.717, 1.165) is 53.8 Å². The lowest BCUT2D eigenvalue weighted by Crippen LogP contribution is -2.39. The van der Waals surface area contributed by atoms with Crippen molar-refractivity contribution >= 4 is 5.82 Å². The number of nitrogens with one attached hydrogen (secondary N) is 1. The third-order valence-electron chi connectivity index (χ3n) is 8.00. The van der Waals surface area contributed by atoms with Gasteiger partial charge in [0.1, 0.15) is 5.82 Å². The molecule has 2 unspecified atom stereocenters. The molecule has 1 saturated heterocycles. The lowest BCUT2D eigenvalue weighted by molar-refractivity contribution is 0.0126.